The molecule has 4 rings (SSSR count). The Morgan fingerprint density at radius 2 is 2.00 bits per heavy atom. The second kappa shape index (κ2) is 7.86. The van der Waals surface area contributed by atoms with Crippen molar-refractivity contribution in [3.63, 3.8) is 0 Å². The van der Waals surface area contributed by atoms with E-state index < -0.39 is 0 Å². The molecule has 1 N–H and O–H groups in total. The fraction of sp³-hybridized carbons (Fsp3) is 0.611. The minimum absolute atomic E-state index is 0.866. The molecule has 0 unspecified atom stereocenters. The number of ether oxygens (including phenoxy) is 1. The molecule has 0 spiro atoms. The molecule has 1 aromatic heterocycles. The Morgan fingerprint density at radius 1 is 1.20 bits per heavy atom. The molecule has 0 aliphatic carbocycles. The van der Waals surface area contributed by atoms with Crippen molar-refractivity contribution in [1.29, 1.82) is 0 Å². The van der Waals surface area contributed by atoms with Crippen molar-refractivity contribution < 1.29 is 4.74 Å². The van der Waals surface area contributed by atoms with Gasteiger partial charge in [0, 0.05) is 65.1 Å². The van der Waals surface area contributed by atoms with Crippen molar-refractivity contribution in [2.45, 2.75) is 0 Å². The molecule has 2 fully saturated rings. The average Bonchev–Trinajstić information content (AvgIpc) is 3.11. The topological polar surface area (TPSA) is 43.9 Å². The highest BCUT2D eigenvalue weighted by Gasteiger charge is 2.16. The van der Waals surface area contributed by atoms with Gasteiger partial charge in [0.05, 0.1) is 23.4 Å². The largest absolute Gasteiger partial charge is 0.379 e. The Bertz CT molecular complexity index is 694. The van der Waals surface area contributed by atoms with Gasteiger partial charge < -0.3 is 19.9 Å². The maximum absolute atomic E-state index is 5.42. The first-order valence-electron chi connectivity index (χ1n) is 9.17. The molecule has 6 nitrogen and oxygen atoms in total. The Labute approximate surface area is 153 Å². The number of likely N-dealkylation sites (N-methyl/N-ethyl adjacent to an activating group) is 1. The number of aromatic nitrogens is 1. The average molecular weight is 362 g/mol. The van der Waals surface area contributed by atoms with Crippen molar-refractivity contribution in [2.75, 3.05) is 82.4 Å². The number of hydrogen-bond donors (Lipinski definition) is 1. The number of thiazole rings is 1. The van der Waals surface area contributed by atoms with Crippen LogP contribution in [0.4, 0.5) is 10.8 Å². The maximum Gasteiger partial charge on any atom is 0.186 e. The van der Waals surface area contributed by atoms with Gasteiger partial charge in [-0.1, -0.05) is 11.3 Å². The number of morpholine rings is 1. The standard InChI is InChI=1S/C18H27N5OS/c1-21(8-9-22-10-12-24-13-11-22)15-2-3-16-17(14-15)25-18(20-16)23-6-4-19-5-7-23/h2-3,14,19H,4-13H2,1H3. The van der Waals surface area contributed by atoms with Crippen molar-refractivity contribution in [3.8, 4) is 0 Å². The lowest BCUT2D eigenvalue weighted by molar-refractivity contribution is 0.0393. The van der Waals surface area contributed by atoms with Crippen LogP contribution >= 0.6 is 11.3 Å². The SMILES string of the molecule is CN(CCN1CCOCC1)c1ccc2nc(N3CCNCC3)sc2c1. The Morgan fingerprint density at radius 3 is 2.80 bits per heavy atom. The van der Waals surface area contributed by atoms with Crippen molar-refractivity contribution in [3.05, 3.63) is 18.2 Å². The fourth-order valence-corrected chi connectivity index (χ4v) is 4.43. The molecular formula is C18H27N5OS. The molecule has 0 atom stereocenters. The third kappa shape index (κ3) is 4.06. The molecule has 0 amide bonds. The normalized spacial score (nSPS) is 19.5. The van der Waals surface area contributed by atoms with E-state index >= 15 is 0 Å². The number of rotatable bonds is 5. The van der Waals surface area contributed by atoms with Crippen LogP contribution in [-0.4, -0.2) is 82.5 Å². The highest BCUT2D eigenvalue weighted by molar-refractivity contribution is 7.22. The van der Waals surface area contributed by atoms with Gasteiger partial charge in [0.2, 0.25) is 0 Å². The number of benzene rings is 1. The van der Waals surface area contributed by atoms with E-state index in [1.54, 1.807) is 0 Å². The van der Waals surface area contributed by atoms with E-state index in [1.807, 2.05) is 11.3 Å². The minimum Gasteiger partial charge on any atom is -0.379 e. The fourth-order valence-electron chi connectivity index (χ4n) is 3.38. The Kier molecular flexibility index (Phi) is 5.36. The van der Waals surface area contributed by atoms with Gasteiger partial charge in [0.25, 0.3) is 0 Å². The quantitative estimate of drug-likeness (QED) is 0.870. The van der Waals surface area contributed by atoms with Crippen LogP contribution in [0.2, 0.25) is 0 Å². The second-order valence-corrected chi connectivity index (χ2v) is 7.77. The van der Waals surface area contributed by atoms with Crippen molar-refractivity contribution >= 4 is 32.4 Å². The van der Waals surface area contributed by atoms with E-state index in [2.05, 4.69) is 45.3 Å². The molecule has 1 aromatic carbocycles. The zero-order chi connectivity index (χ0) is 17.1. The van der Waals surface area contributed by atoms with Crippen LogP contribution in [0.5, 0.6) is 0 Å². The van der Waals surface area contributed by atoms with Crippen LogP contribution in [0.3, 0.4) is 0 Å². The molecule has 136 valence electrons. The Balaban J connectivity index is 1.42. The molecule has 0 radical (unpaired) electrons. The number of nitrogens with zero attached hydrogens (tertiary/aromatic N) is 4. The van der Waals surface area contributed by atoms with E-state index in [0.717, 1.165) is 76.2 Å². The zero-order valence-corrected chi connectivity index (χ0v) is 15.7. The van der Waals surface area contributed by atoms with Crippen LogP contribution in [0.1, 0.15) is 0 Å². The summed E-state index contributed by atoms with van der Waals surface area (Å²) in [5.74, 6) is 0. The molecular weight excluding hydrogens is 334 g/mol. The van der Waals surface area contributed by atoms with Crippen LogP contribution in [-0.2, 0) is 4.74 Å². The van der Waals surface area contributed by atoms with Crippen molar-refractivity contribution in [1.82, 2.24) is 15.2 Å². The van der Waals surface area contributed by atoms with E-state index in [4.69, 9.17) is 9.72 Å². The number of piperazine rings is 1. The van der Waals surface area contributed by atoms with E-state index in [0.29, 0.717) is 0 Å². The molecule has 2 aromatic rings. The highest BCUT2D eigenvalue weighted by Crippen LogP contribution is 2.31. The summed E-state index contributed by atoms with van der Waals surface area (Å²) in [5, 5.41) is 4.56. The summed E-state index contributed by atoms with van der Waals surface area (Å²) in [4.78, 5) is 12.1. The second-order valence-electron chi connectivity index (χ2n) is 6.76. The summed E-state index contributed by atoms with van der Waals surface area (Å²) >= 11 is 1.81. The molecule has 2 saturated heterocycles. The summed E-state index contributed by atoms with van der Waals surface area (Å²) in [7, 11) is 2.18. The summed E-state index contributed by atoms with van der Waals surface area (Å²) in [6, 6.07) is 6.65. The molecule has 2 aliphatic heterocycles. The smallest absolute Gasteiger partial charge is 0.186 e. The molecule has 0 saturated carbocycles. The molecule has 2 aliphatic rings. The predicted octanol–water partition coefficient (Wildman–Crippen LogP) is 1.47. The summed E-state index contributed by atoms with van der Waals surface area (Å²) in [6.07, 6.45) is 0. The van der Waals surface area contributed by atoms with Gasteiger partial charge in [0.1, 0.15) is 0 Å². The van der Waals surface area contributed by atoms with Gasteiger partial charge in [-0.15, -0.1) is 0 Å². The van der Waals surface area contributed by atoms with Gasteiger partial charge in [-0.3, -0.25) is 4.90 Å². The van der Waals surface area contributed by atoms with Gasteiger partial charge in [-0.05, 0) is 18.2 Å². The van der Waals surface area contributed by atoms with Crippen LogP contribution in [0, 0.1) is 0 Å². The lowest BCUT2D eigenvalue weighted by Gasteiger charge is -2.29. The third-order valence-electron chi connectivity index (χ3n) is 5.04. The number of nitrogens with one attached hydrogen (secondary N) is 1. The van der Waals surface area contributed by atoms with Crippen LogP contribution in [0.15, 0.2) is 18.2 Å². The highest BCUT2D eigenvalue weighted by atomic mass is 32.1. The summed E-state index contributed by atoms with van der Waals surface area (Å²) < 4.78 is 6.70. The molecule has 3 heterocycles. The molecule has 7 heteroatoms. The first-order valence-corrected chi connectivity index (χ1v) is 9.99. The number of anilines is 2. The maximum atomic E-state index is 5.42. The summed E-state index contributed by atoms with van der Waals surface area (Å²) in [6.45, 7) is 10.2. The number of fused-ring (bicyclic) bond motifs is 1. The zero-order valence-electron chi connectivity index (χ0n) is 14.9. The lowest BCUT2D eigenvalue weighted by Crippen LogP contribution is -2.43. The third-order valence-corrected chi connectivity index (χ3v) is 6.12. The molecule has 0 bridgehead atoms. The first kappa shape index (κ1) is 17.0. The van der Waals surface area contributed by atoms with E-state index in [-0.39, 0.29) is 0 Å². The van der Waals surface area contributed by atoms with Crippen LogP contribution in [0.25, 0.3) is 10.2 Å². The van der Waals surface area contributed by atoms with Gasteiger partial charge >= 0.3 is 0 Å². The predicted molar refractivity (Wildman–Crippen MR) is 105 cm³/mol. The van der Waals surface area contributed by atoms with E-state index in [9.17, 15) is 0 Å². The number of hydrogen-bond acceptors (Lipinski definition) is 7. The van der Waals surface area contributed by atoms with Gasteiger partial charge in [-0.25, -0.2) is 4.98 Å². The van der Waals surface area contributed by atoms with Crippen molar-refractivity contribution in [2.24, 2.45) is 0 Å². The van der Waals surface area contributed by atoms with Gasteiger partial charge in [-0.2, -0.15) is 0 Å². The first-order chi connectivity index (χ1) is 12.3. The lowest BCUT2D eigenvalue weighted by atomic mass is 10.2. The molecule has 25 heavy (non-hydrogen) atoms. The summed E-state index contributed by atoms with van der Waals surface area (Å²) in [5.41, 5.74) is 2.39. The Hall–Kier alpha value is -1.41. The minimum atomic E-state index is 0.866. The van der Waals surface area contributed by atoms with Gasteiger partial charge in [0.15, 0.2) is 5.13 Å². The van der Waals surface area contributed by atoms with E-state index in [1.165, 1.54) is 10.4 Å². The van der Waals surface area contributed by atoms with Crippen LogP contribution < -0.4 is 15.1 Å². The monoisotopic (exact) mass is 361 g/mol.